The molecule has 0 fully saturated rings. The molecular weight excluding hydrogens is 404 g/mol. The smallest absolute Gasteiger partial charge is 0.179 e. The number of hydrogen-bond acceptors (Lipinski definition) is 2. The fraction of sp³-hybridized carbons (Fsp3) is 0.357. The standard InChI is InChI=1S/C28H27ClO2/c1-25-16-11-7-8-12-17(16)26(2)20-15-21(30-5)24(31-6)23(29)22(20)27(3,28(25,26)4)19-14-10-9-13-18(19)25/h7-15H,1-6H3/t25-,26+,27-,28+/m1/s1. The van der Waals surface area contributed by atoms with Gasteiger partial charge in [-0.05, 0) is 39.4 Å². The molecule has 2 nitrogen and oxygen atoms in total. The van der Waals surface area contributed by atoms with Gasteiger partial charge in [0.15, 0.2) is 11.5 Å². The molecule has 0 heterocycles. The normalized spacial score (nSPS) is 33.5. The van der Waals surface area contributed by atoms with Gasteiger partial charge in [0.2, 0.25) is 0 Å². The maximum absolute atomic E-state index is 7.19. The molecule has 0 amide bonds. The number of rotatable bonds is 2. The SMILES string of the molecule is COc1cc2c(c(Cl)c1OC)[C@@]1(C)c3ccccc3[C@@]3(C)c4ccccc4[C@]2(C)[C@]31C. The summed E-state index contributed by atoms with van der Waals surface area (Å²) in [5, 5.41) is 0.674. The summed E-state index contributed by atoms with van der Waals surface area (Å²) in [6.45, 7) is 9.72. The first-order valence-corrected chi connectivity index (χ1v) is 11.3. The summed E-state index contributed by atoms with van der Waals surface area (Å²) in [5.41, 5.74) is 7.23. The molecule has 0 aromatic heterocycles. The zero-order valence-electron chi connectivity index (χ0n) is 18.9. The Morgan fingerprint density at radius 1 is 0.645 bits per heavy atom. The van der Waals surface area contributed by atoms with E-state index in [9.17, 15) is 0 Å². The summed E-state index contributed by atoms with van der Waals surface area (Å²) in [6, 6.07) is 20.1. The zero-order valence-corrected chi connectivity index (χ0v) is 19.6. The van der Waals surface area contributed by atoms with Crippen molar-refractivity contribution in [3.05, 3.63) is 93.0 Å². The Bertz CT molecular complexity index is 1300. The highest BCUT2D eigenvalue weighted by Crippen LogP contribution is 2.83. The van der Waals surface area contributed by atoms with E-state index < -0.39 is 0 Å². The van der Waals surface area contributed by atoms with E-state index in [1.807, 2.05) is 0 Å². The van der Waals surface area contributed by atoms with E-state index in [1.54, 1.807) is 14.2 Å². The van der Waals surface area contributed by atoms with Crippen molar-refractivity contribution in [2.24, 2.45) is 5.41 Å². The Kier molecular flexibility index (Phi) is 3.40. The van der Waals surface area contributed by atoms with Crippen molar-refractivity contribution in [2.75, 3.05) is 14.2 Å². The van der Waals surface area contributed by atoms with Gasteiger partial charge >= 0.3 is 0 Å². The van der Waals surface area contributed by atoms with Crippen LogP contribution in [0.25, 0.3) is 0 Å². The average Bonchev–Trinajstić information content (AvgIpc) is 3.15. The molecule has 3 heteroatoms. The highest BCUT2D eigenvalue weighted by atomic mass is 35.5. The first-order valence-electron chi connectivity index (χ1n) is 10.9. The molecule has 0 saturated carbocycles. The Hall–Kier alpha value is -2.45. The molecule has 0 bridgehead atoms. The van der Waals surface area contributed by atoms with E-state index in [2.05, 4.69) is 82.3 Å². The van der Waals surface area contributed by atoms with Crippen LogP contribution in [0.4, 0.5) is 0 Å². The summed E-state index contributed by atoms with van der Waals surface area (Å²) in [7, 11) is 3.35. The van der Waals surface area contributed by atoms with Crippen LogP contribution in [0, 0.1) is 5.41 Å². The third-order valence-electron chi connectivity index (χ3n) is 9.66. The summed E-state index contributed by atoms with van der Waals surface area (Å²) in [4.78, 5) is 0. The second-order valence-electron chi connectivity index (χ2n) is 9.94. The highest BCUT2D eigenvalue weighted by molar-refractivity contribution is 6.33. The lowest BCUT2D eigenvalue weighted by atomic mass is 9.52. The average molecular weight is 431 g/mol. The van der Waals surface area contributed by atoms with Gasteiger partial charge in [-0.25, -0.2) is 0 Å². The van der Waals surface area contributed by atoms with Crippen molar-refractivity contribution in [2.45, 2.75) is 43.9 Å². The molecule has 0 radical (unpaired) electrons. The van der Waals surface area contributed by atoms with Gasteiger partial charge in [-0.15, -0.1) is 0 Å². The van der Waals surface area contributed by atoms with Gasteiger partial charge in [-0.1, -0.05) is 87.8 Å². The number of hydrogen-bond donors (Lipinski definition) is 0. The molecule has 4 atom stereocenters. The number of methoxy groups -OCH3 is 2. The fourth-order valence-corrected chi connectivity index (χ4v) is 8.53. The minimum absolute atomic E-state index is 0.146. The van der Waals surface area contributed by atoms with E-state index in [-0.39, 0.29) is 21.7 Å². The molecule has 3 aromatic carbocycles. The van der Waals surface area contributed by atoms with Crippen LogP contribution in [-0.2, 0) is 16.2 Å². The molecule has 31 heavy (non-hydrogen) atoms. The van der Waals surface area contributed by atoms with Crippen LogP contribution in [0.2, 0.25) is 5.02 Å². The topological polar surface area (TPSA) is 18.5 Å². The van der Waals surface area contributed by atoms with E-state index in [0.29, 0.717) is 16.5 Å². The Balaban J connectivity index is 1.90. The zero-order chi connectivity index (χ0) is 22.0. The van der Waals surface area contributed by atoms with Gasteiger partial charge in [0.1, 0.15) is 0 Å². The van der Waals surface area contributed by atoms with E-state index in [0.717, 1.165) is 0 Å². The summed E-state index contributed by atoms with van der Waals surface area (Å²) >= 11 is 7.19. The van der Waals surface area contributed by atoms with Crippen LogP contribution in [0.15, 0.2) is 54.6 Å². The van der Waals surface area contributed by atoms with Gasteiger partial charge < -0.3 is 9.47 Å². The van der Waals surface area contributed by atoms with E-state index in [4.69, 9.17) is 21.1 Å². The van der Waals surface area contributed by atoms with Gasteiger partial charge in [0.25, 0.3) is 0 Å². The first kappa shape index (κ1) is 19.3. The lowest BCUT2D eigenvalue weighted by Crippen LogP contribution is -2.51. The number of fused-ring (bicyclic) bond motifs is 9. The van der Waals surface area contributed by atoms with Crippen LogP contribution in [-0.4, -0.2) is 14.2 Å². The van der Waals surface area contributed by atoms with Crippen molar-refractivity contribution in [1.82, 2.24) is 0 Å². The number of ether oxygens (including phenoxy) is 2. The molecule has 0 aliphatic heterocycles. The molecule has 3 aliphatic carbocycles. The predicted molar refractivity (Wildman–Crippen MR) is 125 cm³/mol. The maximum atomic E-state index is 7.19. The van der Waals surface area contributed by atoms with Crippen LogP contribution in [0.3, 0.4) is 0 Å². The Morgan fingerprint density at radius 3 is 1.55 bits per heavy atom. The van der Waals surface area contributed by atoms with E-state index >= 15 is 0 Å². The number of halogens is 1. The van der Waals surface area contributed by atoms with Gasteiger partial charge in [-0.3, -0.25) is 0 Å². The second-order valence-corrected chi connectivity index (χ2v) is 10.3. The third-order valence-corrected chi connectivity index (χ3v) is 10.0. The molecule has 6 rings (SSSR count). The molecule has 158 valence electrons. The van der Waals surface area contributed by atoms with Gasteiger partial charge in [-0.2, -0.15) is 0 Å². The fourth-order valence-electron chi connectivity index (χ4n) is 8.07. The minimum atomic E-state index is -0.280. The van der Waals surface area contributed by atoms with Crippen molar-refractivity contribution < 1.29 is 9.47 Å². The molecule has 0 spiro atoms. The van der Waals surface area contributed by atoms with Crippen LogP contribution >= 0.6 is 11.6 Å². The van der Waals surface area contributed by atoms with Crippen molar-refractivity contribution in [3.63, 3.8) is 0 Å². The predicted octanol–water partition coefficient (Wildman–Crippen LogP) is 6.62. The third kappa shape index (κ3) is 1.58. The Labute approximate surface area is 189 Å². The summed E-state index contributed by atoms with van der Waals surface area (Å²) in [5.74, 6) is 1.31. The van der Waals surface area contributed by atoms with Gasteiger partial charge in [0.05, 0.1) is 19.2 Å². The maximum Gasteiger partial charge on any atom is 0.179 e. The second kappa shape index (κ2) is 5.48. The van der Waals surface area contributed by atoms with Crippen LogP contribution in [0.1, 0.15) is 61.1 Å². The quantitative estimate of drug-likeness (QED) is 0.454. The van der Waals surface area contributed by atoms with Crippen LogP contribution in [0.5, 0.6) is 11.5 Å². The lowest BCUT2D eigenvalue weighted by Gasteiger charge is -2.49. The molecule has 0 N–H and O–H groups in total. The lowest BCUT2D eigenvalue weighted by molar-refractivity contribution is 0.0997. The molecule has 3 aliphatic rings. The molecule has 3 aromatic rings. The summed E-state index contributed by atoms with van der Waals surface area (Å²) in [6.07, 6.45) is 0. The Morgan fingerprint density at radius 2 is 1.10 bits per heavy atom. The van der Waals surface area contributed by atoms with Crippen molar-refractivity contribution in [3.8, 4) is 11.5 Å². The van der Waals surface area contributed by atoms with Gasteiger partial charge in [0, 0.05) is 21.7 Å². The molecular formula is C28H27ClO2. The van der Waals surface area contributed by atoms with E-state index in [1.165, 1.54) is 33.4 Å². The first-order chi connectivity index (χ1) is 14.7. The minimum Gasteiger partial charge on any atom is -0.493 e. The monoisotopic (exact) mass is 430 g/mol. The summed E-state index contributed by atoms with van der Waals surface area (Å²) < 4.78 is 11.5. The largest absolute Gasteiger partial charge is 0.493 e. The van der Waals surface area contributed by atoms with Crippen molar-refractivity contribution >= 4 is 11.6 Å². The number of benzene rings is 3. The molecule has 0 saturated heterocycles. The highest BCUT2D eigenvalue weighted by Gasteiger charge is 2.80. The molecule has 0 unspecified atom stereocenters. The van der Waals surface area contributed by atoms with Crippen molar-refractivity contribution in [1.29, 1.82) is 0 Å². The van der Waals surface area contributed by atoms with Crippen LogP contribution < -0.4 is 9.47 Å².